The third-order valence-corrected chi connectivity index (χ3v) is 1.74. The van der Waals surface area contributed by atoms with Crippen LogP contribution < -0.4 is 0 Å². The van der Waals surface area contributed by atoms with E-state index in [-0.39, 0.29) is 4.34 Å². The Balaban J connectivity index is 2.96. The largest absolute Gasteiger partial charge is 0.445 e. The smallest absolute Gasteiger partial charge is 0.164 e. The van der Waals surface area contributed by atoms with Crippen molar-refractivity contribution in [2.75, 3.05) is 0 Å². The zero-order valence-electron chi connectivity index (χ0n) is 4.34. The first-order valence-electron chi connectivity index (χ1n) is 2.08. The highest BCUT2D eigenvalue weighted by Crippen LogP contribution is 2.31. The maximum Gasteiger partial charge on any atom is 0.445 e. The van der Waals surface area contributed by atoms with E-state index in [1.807, 2.05) is 0 Å². The van der Waals surface area contributed by atoms with Gasteiger partial charge in [0, 0.05) is 0 Å². The molecule has 0 aliphatic heterocycles. The predicted octanol–water partition coefficient (Wildman–Crippen LogP) is 2.11. The van der Waals surface area contributed by atoms with E-state index in [0.29, 0.717) is 11.3 Å². The molecule has 1 heterocycles. The van der Waals surface area contributed by atoms with E-state index in [4.69, 9.17) is 0 Å². The van der Waals surface area contributed by atoms with Gasteiger partial charge in [-0.25, -0.2) is 0 Å². The lowest BCUT2D eigenvalue weighted by molar-refractivity contribution is -0.138. The van der Waals surface area contributed by atoms with Crippen LogP contribution in [0.2, 0.25) is 0 Å². The van der Waals surface area contributed by atoms with Crippen molar-refractivity contribution in [3.63, 3.8) is 0 Å². The molecule has 0 amide bonds. The normalized spacial score (nSPS) is 11.9. The zero-order valence-corrected chi connectivity index (χ0v) is 5.98. The summed E-state index contributed by atoms with van der Waals surface area (Å²) in [5.41, 5.74) is 0. The van der Waals surface area contributed by atoms with Crippen LogP contribution in [0.4, 0.5) is 13.2 Å². The number of halogens is 3. The van der Waals surface area contributed by atoms with Crippen molar-refractivity contribution in [3.8, 4) is 0 Å². The molecule has 0 aliphatic carbocycles. The molecule has 0 aromatic carbocycles. The third-order valence-electron chi connectivity index (χ3n) is 0.649. The number of hydrogen-bond donors (Lipinski definition) is 0. The van der Waals surface area contributed by atoms with Gasteiger partial charge in [-0.3, -0.25) is 0 Å². The summed E-state index contributed by atoms with van der Waals surface area (Å²) in [4.78, 5) is 0. The predicted molar refractivity (Wildman–Crippen MR) is 30.8 cm³/mol. The molecule has 1 radical (unpaired) electrons. The summed E-state index contributed by atoms with van der Waals surface area (Å²) in [5.74, 6) is 0. The topological polar surface area (TPSA) is 25.8 Å². The molecule has 0 saturated carbocycles. The van der Waals surface area contributed by atoms with Crippen molar-refractivity contribution in [3.05, 3.63) is 5.01 Å². The molecule has 2 nitrogen and oxygen atoms in total. The molecule has 7 heteroatoms. The molecule has 0 saturated heterocycles. The van der Waals surface area contributed by atoms with Crippen LogP contribution in [0.3, 0.4) is 0 Å². The van der Waals surface area contributed by atoms with E-state index in [9.17, 15) is 13.2 Å². The fourth-order valence-corrected chi connectivity index (χ4v) is 1.05. The number of nitrogens with zero attached hydrogens (tertiary/aromatic N) is 2. The molecule has 0 aliphatic rings. The Morgan fingerprint density at radius 2 is 1.90 bits per heavy atom. The Hall–Kier alpha value is -0.430. The van der Waals surface area contributed by atoms with Crippen LogP contribution in [0.25, 0.3) is 0 Å². The van der Waals surface area contributed by atoms with E-state index in [1.54, 1.807) is 0 Å². The van der Waals surface area contributed by atoms with Gasteiger partial charge >= 0.3 is 6.18 Å². The number of alkyl halides is 3. The van der Waals surface area contributed by atoms with Crippen molar-refractivity contribution < 1.29 is 13.2 Å². The minimum atomic E-state index is -4.41. The zero-order chi connectivity index (χ0) is 7.78. The van der Waals surface area contributed by atoms with Gasteiger partial charge in [-0.2, -0.15) is 13.2 Å². The second-order valence-corrected chi connectivity index (χ2v) is 2.99. The summed E-state index contributed by atoms with van der Waals surface area (Å²) >= 11 is 4.71. The Morgan fingerprint density at radius 3 is 2.10 bits per heavy atom. The average molecular weight is 185 g/mol. The van der Waals surface area contributed by atoms with Crippen LogP contribution in [0.5, 0.6) is 0 Å². The Labute approximate surface area is 63.5 Å². The lowest BCUT2D eigenvalue weighted by Crippen LogP contribution is -2.03. The van der Waals surface area contributed by atoms with Gasteiger partial charge in [0.05, 0.1) is 0 Å². The quantitative estimate of drug-likeness (QED) is 0.618. The first-order valence-corrected chi connectivity index (χ1v) is 3.30. The van der Waals surface area contributed by atoms with Crippen LogP contribution in [0.1, 0.15) is 5.01 Å². The average Bonchev–Trinajstić information content (AvgIpc) is 2.11. The van der Waals surface area contributed by atoms with Crippen LogP contribution in [0, 0.1) is 0 Å². The van der Waals surface area contributed by atoms with Gasteiger partial charge in [0.25, 0.3) is 0 Å². The van der Waals surface area contributed by atoms with E-state index < -0.39 is 11.2 Å². The highest BCUT2D eigenvalue weighted by molar-refractivity contribution is 7.82. The molecule has 1 rings (SSSR count). The van der Waals surface area contributed by atoms with Crippen LogP contribution in [-0.2, 0) is 6.18 Å². The van der Waals surface area contributed by atoms with E-state index in [1.165, 1.54) is 0 Å². The first-order chi connectivity index (χ1) is 4.50. The van der Waals surface area contributed by atoms with Crippen LogP contribution in [0.15, 0.2) is 4.34 Å². The SMILES string of the molecule is FC(F)(F)c1nnc([S])s1. The second kappa shape index (κ2) is 2.31. The molecule has 0 bridgehead atoms. The van der Waals surface area contributed by atoms with Gasteiger partial charge in [0.2, 0.25) is 9.35 Å². The van der Waals surface area contributed by atoms with Gasteiger partial charge in [0.1, 0.15) is 0 Å². The standard InChI is InChI=1S/C3F3N2S2/c4-3(5,6)1-7-8-2(9)10-1. The summed E-state index contributed by atoms with van der Waals surface area (Å²) in [6.07, 6.45) is -4.41. The second-order valence-electron chi connectivity index (χ2n) is 1.37. The molecule has 0 unspecified atom stereocenters. The third kappa shape index (κ3) is 1.54. The van der Waals surface area contributed by atoms with E-state index in [0.717, 1.165) is 0 Å². The Kier molecular flexibility index (Phi) is 1.78. The van der Waals surface area contributed by atoms with Crippen molar-refractivity contribution >= 4 is 24.0 Å². The van der Waals surface area contributed by atoms with Gasteiger partial charge in [-0.05, 0) is 12.6 Å². The summed E-state index contributed by atoms with van der Waals surface area (Å²) < 4.78 is 34.9. The van der Waals surface area contributed by atoms with Crippen LogP contribution in [-0.4, -0.2) is 10.2 Å². The van der Waals surface area contributed by atoms with Crippen LogP contribution >= 0.6 is 24.0 Å². The molecule has 0 spiro atoms. The Morgan fingerprint density at radius 1 is 1.30 bits per heavy atom. The van der Waals surface area contributed by atoms with Crippen molar-refractivity contribution in [2.45, 2.75) is 10.5 Å². The highest BCUT2D eigenvalue weighted by atomic mass is 32.2. The van der Waals surface area contributed by atoms with Crippen molar-refractivity contribution in [1.82, 2.24) is 10.2 Å². The Bertz CT molecular complexity index is 230. The monoisotopic (exact) mass is 185 g/mol. The molecule has 55 valence electrons. The van der Waals surface area contributed by atoms with Gasteiger partial charge in [-0.15, -0.1) is 10.2 Å². The number of rotatable bonds is 0. The van der Waals surface area contributed by atoms with E-state index in [2.05, 4.69) is 22.8 Å². The fourth-order valence-electron chi connectivity index (χ4n) is 0.324. The summed E-state index contributed by atoms with van der Waals surface area (Å²) in [6, 6.07) is 0. The molecular formula is C3F3N2S2. The first kappa shape index (κ1) is 7.67. The molecule has 1 aromatic heterocycles. The minimum absolute atomic E-state index is 0.0904. The summed E-state index contributed by atoms with van der Waals surface area (Å²) in [5, 5.41) is 4.88. The van der Waals surface area contributed by atoms with Gasteiger partial charge < -0.3 is 0 Å². The van der Waals surface area contributed by atoms with Crippen molar-refractivity contribution in [2.24, 2.45) is 0 Å². The molecule has 1 aromatic rings. The maximum absolute atomic E-state index is 11.7. The lowest BCUT2D eigenvalue weighted by atomic mass is 10.7. The highest BCUT2D eigenvalue weighted by Gasteiger charge is 2.35. The summed E-state index contributed by atoms with van der Waals surface area (Å²) in [7, 11) is 0. The molecule has 0 N–H and O–H groups in total. The lowest BCUT2D eigenvalue weighted by Gasteiger charge is -1.96. The minimum Gasteiger partial charge on any atom is -0.164 e. The van der Waals surface area contributed by atoms with Gasteiger partial charge in [-0.1, -0.05) is 11.3 Å². The molecular weight excluding hydrogens is 185 g/mol. The molecule has 10 heavy (non-hydrogen) atoms. The maximum atomic E-state index is 11.7. The molecule has 0 atom stereocenters. The summed E-state index contributed by atoms with van der Waals surface area (Å²) in [6.45, 7) is 0. The van der Waals surface area contributed by atoms with E-state index >= 15 is 0 Å². The van der Waals surface area contributed by atoms with Crippen molar-refractivity contribution in [1.29, 1.82) is 0 Å². The number of aromatic nitrogens is 2. The number of hydrogen-bond acceptors (Lipinski definition) is 3. The fraction of sp³-hybridized carbons (Fsp3) is 0.333. The molecule has 0 fully saturated rings. The van der Waals surface area contributed by atoms with Gasteiger partial charge in [0.15, 0.2) is 0 Å².